The first-order valence-corrected chi connectivity index (χ1v) is 7.22. The molecule has 0 saturated heterocycles. The van der Waals surface area contributed by atoms with Gasteiger partial charge in [0.1, 0.15) is 5.82 Å². The van der Waals surface area contributed by atoms with E-state index in [1.54, 1.807) is 18.3 Å². The number of hydrogen-bond acceptors (Lipinski definition) is 1. The highest BCUT2D eigenvalue weighted by molar-refractivity contribution is 5.80. The summed E-state index contributed by atoms with van der Waals surface area (Å²) in [5.41, 5.74) is 2.67. The lowest BCUT2D eigenvalue weighted by atomic mass is 9.99. The Morgan fingerprint density at radius 1 is 0.682 bits per heavy atom. The first-order valence-electron chi connectivity index (χ1n) is 7.22. The van der Waals surface area contributed by atoms with Crippen LogP contribution in [0.15, 0.2) is 89.9 Å². The predicted molar refractivity (Wildman–Crippen MR) is 88.7 cm³/mol. The van der Waals surface area contributed by atoms with Gasteiger partial charge in [-0.3, -0.25) is 4.99 Å². The van der Waals surface area contributed by atoms with Gasteiger partial charge in [0.15, 0.2) is 0 Å². The van der Waals surface area contributed by atoms with Gasteiger partial charge in [-0.15, -0.1) is 0 Å². The Hall–Kier alpha value is -2.74. The maximum absolute atomic E-state index is 13.8. The van der Waals surface area contributed by atoms with Gasteiger partial charge in [0.25, 0.3) is 0 Å². The van der Waals surface area contributed by atoms with Gasteiger partial charge >= 0.3 is 0 Å². The molecule has 0 aliphatic rings. The molecule has 0 heterocycles. The Morgan fingerprint density at radius 2 is 1.18 bits per heavy atom. The van der Waals surface area contributed by atoms with Gasteiger partial charge in [0.2, 0.25) is 0 Å². The number of halogens is 1. The van der Waals surface area contributed by atoms with Crippen LogP contribution in [-0.4, -0.2) is 6.21 Å². The Kier molecular flexibility index (Phi) is 4.40. The van der Waals surface area contributed by atoms with Crippen molar-refractivity contribution in [3.63, 3.8) is 0 Å². The third-order valence-corrected chi connectivity index (χ3v) is 3.50. The molecular formula is C20H16FN. The monoisotopic (exact) mass is 289 g/mol. The molecule has 0 bridgehead atoms. The third-order valence-electron chi connectivity index (χ3n) is 3.50. The summed E-state index contributed by atoms with van der Waals surface area (Å²) in [4.78, 5) is 4.63. The average molecular weight is 289 g/mol. The summed E-state index contributed by atoms with van der Waals surface area (Å²) in [7, 11) is 0. The second kappa shape index (κ2) is 6.81. The molecule has 0 radical (unpaired) electrons. The molecule has 0 atom stereocenters. The topological polar surface area (TPSA) is 12.4 Å². The molecule has 0 amide bonds. The Balaban J connectivity index is 1.98. The fourth-order valence-electron chi connectivity index (χ4n) is 2.37. The summed E-state index contributed by atoms with van der Waals surface area (Å²) in [6.07, 6.45) is 1.61. The SMILES string of the molecule is Fc1ccccc1/C=N/C(c1ccccc1)c1ccccc1. The molecule has 108 valence electrons. The highest BCUT2D eigenvalue weighted by atomic mass is 19.1. The fourth-order valence-corrected chi connectivity index (χ4v) is 2.37. The van der Waals surface area contributed by atoms with Crippen molar-refractivity contribution in [1.82, 2.24) is 0 Å². The van der Waals surface area contributed by atoms with Gasteiger partial charge in [-0.05, 0) is 17.2 Å². The smallest absolute Gasteiger partial charge is 0.131 e. The van der Waals surface area contributed by atoms with Crippen LogP contribution < -0.4 is 0 Å². The van der Waals surface area contributed by atoms with Gasteiger partial charge in [-0.25, -0.2) is 4.39 Å². The van der Waals surface area contributed by atoms with Gasteiger partial charge in [0, 0.05) is 11.8 Å². The molecule has 0 saturated carbocycles. The van der Waals surface area contributed by atoms with Crippen molar-refractivity contribution in [3.05, 3.63) is 107 Å². The number of aliphatic imine (C=N–C) groups is 1. The van der Waals surface area contributed by atoms with E-state index in [1.807, 2.05) is 66.7 Å². The minimum absolute atomic E-state index is 0.137. The van der Waals surface area contributed by atoms with Crippen LogP contribution in [0.4, 0.5) is 4.39 Å². The summed E-state index contributed by atoms with van der Waals surface area (Å²) >= 11 is 0. The standard InChI is InChI=1S/C20H16FN/c21-19-14-8-7-13-18(19)15-22-20(16-9-3-1-4-10-16)17-11-5-2-6-12-17/h1-15,20H/b22-15+. The second-order valence-corrected chi connectivity index (χ2v) is 5.02. The van der Waals surface area contributed by atoms with Crippen LogP contribution in [0.2, 0.25) is 0 Å². The summed E-state index contributed by atoms with van der Waals surface area (Å²) in [6.45, 7) is 0. The van der Waals surface area contributed by atoms with Crippen LogP contribution in [0.3, 0.4) is 0 Å². The normalized spacial score (nSPS) is 11.2. The quantitative estimate of drug-likeness (QED) is 0.597. The van der Waals surface area contributed by atoms with Crippen molar-refractivity contribution in [3.8, 4) is 0 Å². The molecule has 0 fully saturated rings. The van der Waals surface area contributed by atoms with Crippen molar-refractivity contribution in [2.24, 2.45) is 4.99 Å². The Bertz CT molecular complexity index is 711. The molecule has 0 aliphatic heterocycles. The van der Waals surface area contributed by atoms with Crippen LogP contribution in [0.5, 0.6) is 0 Å². The van der Waals surface area contributed by atoms with E-state index >= 15 is 0 Å². The second-order valence-electron chi connectivity index (χ2n) is 5.02. The number of rotatable bonds is 4. The molecule has 3 aromatic carbocycles. The van der Waals surface area contributed by atoms with E-state index in [2.05, 4.69) is 4.99 Å². The third kappa shape index (κ3) is 3.29. The van der Waals surface area contributed by atoms with Gasteiger partial charge in [-0.2, -0.15) is 0 Å². The zero-order chi connectivity index (χ0) is 15.2. The number of benzene rings is 3. The lowest BCUT2D eigenvalue weighted by molar-refractivity contribution is 0.625. The molecule has 22 heavy (non-hydrogen) atoms. The number of hydrogen-bond donors (Lipinski definition) is 0. The minimum atomic E-state index is -0.258. The summed E-state index contributed by atoms with van der Waals surface area (Å²) in [6, 6.07) is 26.6. The summed E-state index contributed by atoms with van der Waals surface area (Å²) in [5, 5.41) is 0. The van der Waals surface area contributed by atoms with Gasteiger partial charge in [0.05, 0.1) is 6.04 Å². The van der Waals surface area contributed by atoms with Crippen LogP contribution in [0.25, 0.3) is 0 Å². The van der Waals surface area contributed by atoms with E-state index in [1.165, 1.54) is 6.07 Å². The van der Waals surface area contributed by atoms with Crippen molar-refractivity contribution in [2.75, 3.05) is 0 Å². The van der Waals surface area contributed by atoms with Gasteiger partial charge < -0.3 is 0 Å². The zero-order valence-corrected chi connectivity index (χ0v) is 12.1. The van der Waals surface area contributed by atoms with E-state index in [0.717, 1.165) is 11.1 Å². The van der Waals surface area contributed by atoms with Crippen molar-refractivity contribution in [1.29, 1.82) is 0 Å². The predicted octanol–water partition coefficient (Wildman–Crippen LogP) is 5.03. The van der Waals surface area contributed by atoms with E-state index in [0.29, 0.717) is 5.56 Å². The van der Waals surface area contributed by atoms with Crippen LogP contribution >= 0.6 is 0 Å². The Morgan fingerprint density at radius 3 is 1.73 bits per heavy atom. The highest BCUT2D eigenvalue weighted by Crippen LogP contribution is 2.25. The minimum Gasteiger partial charge on any atom is -0.280 e. The molecule has 0 aliphatic carbocycles. The average Bonchev–Trinajstić information content (AvgIpc) is 2.59. The highest BCUT2D eigenvalue weighted by Gasteiger charge is 2.11. The van der Waals surface area contributed by atoms with Gasteiger partial charge in [-0.1, -0.05) is 78.9 Å². The number of nitrogens with zero attached hydrogens (tertiary/aromatic N) is 1. The van der Waals surface area contributed by atoms with E-state index in [-0.39, 0.29) is 11.9 Å². The maximum atomic E-state index is 13.8. The summed E-state index contributed by atoms with van der Waals surface area (Å²) in [5.74, 6) is -0.258. The lowest BCUT2D eigenvalue weighted by Crippen LogP contribution is -1.99. The van der Waals surface area contributed by atoms with Crippen molar-refractivity contribution < 1.29 is 4.39 Å². The zero-order valence-electron chi connectivity index (χ0n) is 12.1. The van der Waals surface area contributed by atoms with Crippen LogP contribution in [0.1, 0.15) is 22.7 Å². The molecule has 1 nitrogen and oxygen atoms in total. The molecule has 0 N–H and O–H groups in total. The Labute approximate surface area is 129 Å². The molecule has 3 aromatic rings. The molecular weight excluding hydrogens is 273 g/mol. The molecule has 2 heteroatoms. The van der Waals surface area contributed by atoms with Crippen LogP contribution in [-0.2, 0) is 0 Å². The van der Waals surface area contributed by atoms with E-state index in [9.17, 15) is 4.39 Å². The molecule has 0 spiro atoms. The van der Waals surface area contributed by atoms with Crippen molar-refractivity contribution >= 4 is 6.21 Å². The molecule has 0 unspecified atom stereocenters. The molecule has 3 rings (SSSR count). The lowest BCUT2D eigenvalue weighted by Gasteiger charge is -2.13. The largest absolute Gasteiger partial charge is 0.280 e. The maximum Gasteiger partial charge on any atom is 0.131 e. The molecule has 0 aromatic heterocycles. The first kappa shape index (κ1) is 14.2. The first-order chi connectivity index (χ1) is 10.8. The van der Waals surface area contributed by atoms with E-state index in [4.69, 9.17) is 0 Å². The summed E-state index contributed by atoms with van der Waals surface area (Å²) < 4.78 is 13.8. The van der Waals surface area contributed by atoms with E-state index < -0.39 is 0 Å². The van der Waals surface area contributed by atoms with Crippen molar-refractivity contribution in [2.45, 2.75) is 6.04 Å². The fraction of sp³-hybridized carbons (Fsp3) is 0.0500. The van der Waals surface area contributed by atoms with Crippen LogP contribution in [0, 0.1) is 5.82 Å².